The second-order valence-corrected chi connectivity index (χ2v) is 5.72. The Kier molecular flexibility index (Phi) is 3.63. The highest BCUT2D eigenvalue weighted by Crippen LogP contribution is 2.65. The van der Waals surface area contributed by atoms with Gasteiger partial charge in [-0.05, 0) is 17.7 Å². The molecule has 1 fully saturated rings. The largest absolute Gasteiger partial charge is 0.480 e. The number of benzene rings is 1. The van der Waals surface area contributed by atoms with Gasteiger partial charge in [-0.25, -0.2) is 0 Å². The van der Waals surface area contributed by atoms with Gasteiger partial charge in [-0.1, -0.05) is 37.3 Å². The molecule has 0 heterocycles. The van der Waals surface area contributed by atoms with Crippen LogP contribution in [0.4, 0.5) is 0 Å². The number of carboxylic acid groups (broad SMARTS) is 1. The van der Waals surface area contributed by atoms with Crippen LogP contribution < -0.4 is 0 Å². The van der Waals surface area contributed by atoms with Gasteiger partial charge in [-0.15, -0.1) is 0 Å². The Morgan fingerprint density at radius 1 is 1.50 bits per heavy atom. The van der Waals surface area contributed by atoms with E-state index in [0.717, 1.165) is 17.7 Å². The van der Waals surface area contributed by atoms with Crippen molar-refractivity contribution in [2.45, 2.75) is 24.5 Å². The summed E-state index contributed by atoms with van der Waals surface area (Å²) < 4.78 is 0. The summed E-state index contributed by atoms with van der Waals surface area (Å²) in [5.74, 6) is -0.282. The van der Waals surface area contributed by atoms with Crippen molar-refractivity contribution in [3.63, 3.8) is 0 Å². The number of rotatable bonds is 5. The Morgan fingerprint density at radius 2 is 2.17 bits per heavy atom. The molecule has 0 spiro atoms. The molecular formula is C14H15NO2S. The van der Waals surface area contributed by atoms with E-state index in [2.05, 4.69) is 6.92 Å². The van der Waals surface area contributed by atoms with Crippen LogP contribution >= 0.6 is 11.8 Å². The Bertz CT molecular complexity index is 482. The quantitative estimate of drug-likeness (QED) is 0.885. The van der Waals surface area contributed by atoms with Gasteiger partial charge in [0.25, 0.3) is 0 Å². The van der Waals surface area contributed by atoms with Crippen molar-refractivity contribution in [1.82, 2.24) is 0 Å². The van der Waals surface area contributed by atoms with Crippen molar-refractivity contribution in [3.05, 3.63) is 35.9 Å². The van der Waals surface area contributed by atoms with E-state index in [0.29, 0.717) is 0 Å². The van der Waals surface area contributed by atoms with E-state index in [1.807, 2.05) is 36.4 Å². The lowest BCUT2D eigenvalue weighted by atomic mass is 10.0. The molecule has 0 aromatic heterocycles. The minimum atomic E-state index is -1.23. The van der Waals surface area contributed by atoms with Gasteiger partial charge >= 0.3 is 5.97 Å². The molecule has 0 aliphatic heterocycles. The lowest BCUT2D eigenvalue weighted by Gasteiger charge is -2.01. The molecule has 0 amide bonds. The molecule has 0 bridgehead atoms. The fraction of sp³-hybridized carbons (Fsp3) is 0.429. The maximum Gasteiger partial charge on any atom is 0.325 e. The molecule has 18 heavy (non-hydrogen) atoms. The van der Waals surface area contributed by atoms with Gasteiger partial charge in [0.15, 0.2) is 5.41 Å². The van der Waals surface area contributed by atoms with Crippen molar-refractivity contribution >= 4 is 17.7 Å². The molecule has 1 saturated carbocycles. The summed E-state index contributed by atoms with van der Waals surface area (Å²) in [6.07, 6.45) is 0.990. The Hall–Kier alpha value is -1.47. The van der Waals surface area contributed by atoms with Crippen LogP contribution in [-0.2, 0) is 4.79 Å². The van der Waals surface area contributed by atoms with Crippen molar-refractivity contribution in [2.75, 3.05) is 5.75 Å². The van der Waals surface area contributed by atoms with E-state index in [4.69, 9.17) is 0 Å². The number of carbonyl (C=O) groups is 1. The third-order valence-corrected chi connectivity index (χ3v) is 4.98. The van der Waals surface area contributed by atoms with Crippen LogP contribution in [0.2, 0.25) is 0 Å². The highest BCUT2D eigenvalue weighted by molar-refractivity contribution is 8.00. The monoisotopic (exact) mass is 261 g/mol. The summed E-state index contributed by atoms with van der Waals surface area (Å²) >= 11 is 1.60. The second kappa shape index (κ2) is 5.03. The van der Waals surface area contributed by atoms with Gasteiger partial charge in [0.1, 0.15) is 0 Å². The van der Waals surface area contributed by atoms with Gasteiger partial charge < -0.3 is 5.11 Å². The Labute approximate surface area is 111 Å². The van der Waals surface area contributed by atoms with Gasteiger partial charge in [0.05, 0.1) is 6.07 Å². The lowest BCUT2D eigenvalue weighted by Crippen LogP contribution is -2.17. The highest BCUT2D eigenvalue weighted by Gasteiger charge is 2.71. The third kappa shape index (κ3) is 1.89. The van der Waals surface area contributed by atoms with Crippen LogP contribution in [0.15, 0.2) is 30.3 Å². The van der Waals surface area contributed by atoms with Gasteiger partial charge in [-0.3, -0.25) is 4.79 Å². The molecular weight excluding hydrogens is 246 g/mol. The Balaban J connectivity index is 2.29. The fourth-order valence-electron chi connectivity index (χ4n) is 2.36. The zero-order valence-electron chi connectivity index (χ0n) is 10.2. The van der Waals surface area contributed by atoms with E-state index in [9.17, 15) is 15.2 Å². The number of aliphatic carboxylic acids is 1. The van der Waals surface area contributed by atoms with Gasteiger partial charge in [-0.2, -0.15) is 17.0 Å². The molecule has 1 aliphatic rings. The lowest BCUT2D eigenvalue weighted by molar-refractivity contribution is -0.141. The van der Waals surface area contributed by atoms with E-state index < -0.39 is 11.4 Å². The van der Waals surface area contributed by atoms with Crippen LogP contribution in [0.25, 0.3) is 0 Å². The maximum atomic E-state index is 11.4. The maximum absolute atomic E-state index is 11.4. The fourth-order valence-corrected chi connectivity index (χ4v) is 3.90. The molecule has 3 unspecified atom stereocenters. The standard InChI is InChI=1S/C14H15NO2S/c1-2-8-18-12-11(10-6-4-3-5-7-10)14(12,9-15)13(16)17/h3-7,11-12H,2,8H2,1H3,(H,16,17). The first kappa shape index (κ1) is 13.0. The van der Waals surface area contributed by atoms with Crippen LogP contribution in [0, 0.1) is 16.7 Å². The van der Waals surface area contributed by atoms with Gasteiger partial charge in [0, 0.05) is 11.2 Å². The number of hydrogen-bond donors (Lipinski definition) is 1. The molecule has 4 heteroatoms. The summed E-state index contributed by atoms with van der Waals surface area (Å²) in [5.41, 5.74) is -0.281. The first-order valence-electron chi connectivity index (χ1n) is 5.99. The average molecular weight is 261 g/mol. The van der Waals surface area contributed by atoms with Crippen LogP contribution in [0.3, 0.4) is 0 Å². The molecule has 1 aliphatic carbocycles. The molecule has 1 aromatic carbocycles. The minimum Gasteiger partial charge on any atom is -0.480 e. The highest BCUT2D eigenvalue weighted by atomic mass is 32.2. The van der Waals surface area contributed by atoms with E-state index >= 15 is 0 Å². The van der Waals surface area contributed by atoms with Crippen molar-refractivity contribution in [2.24, 2.45) is 5.41 Å². The number of nitrogens with zero attached hydrogens (tertiary/aromatic N) is 1. The Morgan fingerprint density at radius 3 is 2.67 bits per heavy atom. The molecule has 0 saturated heterocycles. The number of thioether (sulfide) groups is 1. The topological polar surface area (TPSA) is 61.1 Å². The van der Waals surface area contributed by atoms with Crippen molar-refractivity contribution in [1.29, 1.82) is 5.26 Å². The molecule has 1 N–H and O–H groups in total. The van der Waals surface area contributed by atoms with Crippen molar-refractivity contribution in [3.8, 4) is 6.07 Å². The normalized spacial score (nSPS) is 29.6. The molecule has 0 radical (unpaired) electrons. The van der Waals surface area contributed by atoms with Gasteiger partial charge in [0.2, 0.25) is 0 Å². The molecule has 94 valence electrons. The molecule has 2 rings (SSSR count). The summed E-state index contributed by atoms with van der Waals surface area (Å²) in [7, 11) is 0. The average Bonchev–Trinajstić information content (AvgIpc) is 3.06. The zero-order valence-corrected chi connectivity index (χ0v) is 11.0. The molecule has 3 nitrogen and oxygen atoms in total. The van der Waals surface area contributed by atoms with E-state index in [-0.39, 0.29) is 11.2 Å². The van der Waals surface area contributed by atoms with Crippen LogP contribution in [-0.4, -0.2) is 22.1 Å². The predicted octanol–water partition coefficient (Wildman–Crippen LogP) is 2.89. The molecule has 3 atom stereocenters. The summed E-state index contributed by atoms with van der Waals surface area (Å²) in [6.45, 7) is 2.06. The summed E-state index contributed by atoms with van der Waals surface area (Å²) in [4.78, 5) is 11.4. The SMILES string of the molecule is CCCSC1C(c2ccccc2)C1(C#N)C(=O)O. The van der Waals surface area contributed by atoms with Crippen LogP contribution in [0.5, 0.6) is 0 Å². The predicted molar refractivity (Wildman–Crippen MR) is 71.4 cm³/mol. The van der Waals surface area contributed by atoms with E-state index in [1.54, 1.807) is 11.8 Å². The summed E-state index contributed by atoms with van der Waals surface area (Å²) in [5, 5.41) is 18.5. The smallest absolute Gasteiger partial charge is 0.325 e. The number of nitriles is 1. The summed E-state index contributed by atoms with van der Waals surface area (Å²) in [6, 6.07) is 11.5. The van der Waals surface area contributed by atoms with E-state index in [1.165, 1.54) is 0 Å². The van der Waals surface area contributed by atoms with Crippen molar-refractivity contribution < 1.29 is 9.90 Å². The third-order valence-electron chi connectivity index (χ3n) is 3.33. The molecule has 1 aromatic rings. The first-order chi connectivity index (χ1) is 8.68. The number of hydrogen-bond acceptors (Lipinski definition) is 3. The second-order valence-electron chi connectivity index (χ2n) is 4.47. The number of carboxylic acids is 1. The zero-order chi connectivity index (χ0) is 13.2. The first-order valence-corrected chi connectivity index (χ1v) is 7.04. The van der Waals surface area contributed by atoms with Crippen LogP contribution in [0.1, 0.15) is 24.8 Å². The minimum absolute atomic E-state index is 0.123.